The lowest BCUT2D eigenvalue weighted by molar-refractivity contribution is -0.142. The van der Waals surface area contributed by atoms with Crippen molar-refractivity contribution in [3.05, 3.63) is 41.9 Å². The number of rotatable bonds is 7. The first-order valence-corrected chi connectivity index (χ1v) is 9.20. The Labute approximate surface area is 155 Å². The van der Waals surface area contributed by atoms with E-state index in [4.69, 9.17) is 4.74 Å². The number of ketones is 1. The first-order valence-electron chi connectivity index (χ1n) is 8.32. The summed E-state index contributed by atoms with van der Waals surface area (Å²) in [5, 5.41) is 9.30. The SMILES string of the molecule is CCOC(=O)Cc1nnc(S[C@H](C)C(=O)c2c[nH]c3ccccc23)n1C. The van der Waals surface area contributed by atoms with E-state index < -0.39 is 0 Å². The molecule has 0 aliphatic heterocycles. The predicted octanol–water partition coefficient (Wildman–Crippen LogP) is 2.77. The molecule has 0 fully saturated rings. The van der Waals surface area contributed by atoms with Gasteiger partial charge in [0.2, 0.25) is 0 Å². The highest BCUT2D eigenvalue weighted by Gasteiger charge is 2.23. The molecule has 0 spiro atoms. The lowest BCUT2D eigenvalue weighted by Gasteiger charge is -2.09. The average Bonchev–Trinajstić information content (AvgIpc) is 3.20. The van der Waals surface area contributed by atoms with Gasteiger partial charge in [0, 0.05) is 29.7 Å². The van der Waals surface area contributed by atoms with Crippen LogP contribution < -0.4 is 0 Å². The van der Waals surface area contributed by atoms with Crippen molar-refractivity contribution in [3.63, 3.8) is 0 Å². The van der Waals surface area contributed by atoms with E-state index in [-0.39, 0.29) is 23.4 Å². The molecule has 1 N–H and O–H groups in total. The summed E-state index contributed by atoms with van der Waals surface area (Å²) in [4.78, 5) is 27.6. The van der Waals surface area contributed by atoms with Crippen molar-refractivity contribution in [1.29, 1.82) is 0 Å². The molecule has 26 heavy (non-hydrogen) atoms. The molecule has 1 aromatic carbocycles. The van der Waals surface area contributed by atoms with E-state index in [0.717, 1.165) is 10.9 Å². The average molecular weight is 372 g/mol. The molecule has 2 heterocycles. The van der Waals surface area contributed by atoms with Gasteiger partial charge in [0.15, 0.2) is 10.9 Å². The van der Waals surface area contributed by atoms with Crippen LogP contribution in [0.5, 0.6) is 0 Å². The maximum absolute atomic E-state index is 12.8. The number of H-pyrrole nitrogens is 1. The van der Waals surface area contributed by atoms with Gasteiger partial charge in [0.1, 0.15) is 12.2 Å². The van der Waals surface area contributed by atoms with Gasteiger partial charge in [0.05, 0.1) is 11.9 Å². The highest BCUT2D eigenvalue weighted by Crippen LogP contribution is 2.27. The number of nitrogens with zero attached hydrogens (tertiary/aromatic N) is 3. The summed E-state index contributed by atoms with van der Waals surface area (Å²) in [5.41, 5.74) is 1.60. The molecular formula is C18H20N4O3S. The molecule has 3 aromatic rings. The Morgan fingerprint density at radius 2 is 2.08 bits per heavy atom. The Balaban J connectivity index is 1.73. The fourth-order valence-electron chi connectivity index (χ4n) is 2.65. The van der Waals surface area contributed by atoms with E-state index in [2.05, 4.69) is 15.2 Å². The fourth-order valence-corrected chi connectivity index (χ4v) is 3.55. The van der Waals surface area contributed by atoms with Crippen molar-refractivity contribution < 1.29 is 14.3 Å². The molecule has 0 saturated heterocycles. The Kier molecular flexibility index (Phi) is 5.41. The van der Waals surface area contributed by atoms with E-state index in [1.807, 2.05) is 31.2 Å². The number of benzene rings is 1. The topological polar surface area (TPSA) is 89.9 Å². The Morgan fingerprint density at radius 3 is 2.85 bits per heavy atom. The first kappa shape index (κ1) is 18.2. The van der Waals surface area contributed by atoms with Crippen LogP contribution in [0.15, 0.2) is 35.6 Å². The second kappa shape index (κ2) is 7.74. The zero-order valence-electron chi connectivity index (χ0n) is 14.9. The third kappa shape index (κ3) is 3.65. The number of carbonyl (C=O) groups is 2. The molecule has 0 amide bonds. The summed E-state index contributed by atoms with van der Waals surface area (Å²) in [6.07, 6.45) is 1.80. The fraction of sp³-hybridized carbons (Fsp3) is 0.333. The molecule has 0 radical (unpaired) electrons. The number of aromatic nitrogens is 4. The maximum atomic E-state index is 12.8. The Bertz CT molecular complexity index is 947. The van der Waals surface area contributed by atoms with E-state index >= 15 is 0 Å². The molecule has 3 rings (SSSR count). The molecule has 8 heteroatoms. The van der Waals surface area contributed by atoms with Gasteiger partial charge in [0.25, 0.3) is 0 Å². The van der Waals surface area contributed by atoms with Gasteiger partial charge < -0.3 is 14.3 Å². The van der Waals surface area contributed by atoms with Crippen LogP contribution in [0.25, 0.3) is 10.9 Å². The molecule has 0 unspecified atom stereocenters. The summed E-state index contributed by atoms with van der Waals surface area (Å²) in [7, 11) is 1.78. The van der Waals surface area contributed by atoms with Gasteiger partial charge in [-0.15, -0.1) is 10.2 Å². The van der Waals surface area contributed by atoms with Gasteiger partial charge >= 0.3 is 5.97 Å². The van der Waals surface area contributed by atoms with Crippen LogP contribution in [-0.2, 0) is 23.0 Å². The molecular weight excluding hydrogens is 352 g/mol. The summed E-state index contributed by atoms with van der Waals surface area (Å²) in [6.45, 7) is 3.93. The normalized spacial score (nSPS) is 12.3. The monoisotopic (exact) mass is 372 g/mol. The van der Waals surface area contributed by atoms with Crippen molar-refractivity contribution >= 4 is 34.4 Å². The van der Waals surface area contributed by atoms with E-state index in [0.29, 0.717) is 23.2 Å². The molecule has 0 aliphatic rings. The number of carbonyl (C=O) groups excluding carboxylic acids is 2. The van der Waals surface area contributed by atoms with Crippen LogP contribution in [0.1, 0.15) is 30.0 Å². The number of aromatic amines is 1. The van der Waals surface area contributed by atoms with E-state index in [1.54, 1.807) is 24.7 Å². The predicted molar refractivity (Wildman–Crippen MR) is 99.3 cm³/mol. The molecule has 1 atom stereocenters. The third-order valence-corrected chi connectivity index (χ3v) is 5.17. The molecule has 0 bridgehead atoms. The Morgan fingerprint density at radius 1 is 1.31 bits per heavy atom. The number of para-hydroxylation sites is 1. The zero-order chi connectivity index (χ0) is 18.7. The van der Waals surface area contributed by atoms with Crippen molar-refractivity contribution in [2.45, 2.75) is 30.7 Å². The lowest BCUT2D eigenvalue weighted by Crippen LogP contribution is -2.15. The maximum Gasteiger partial charge on any atom is 0.313 e. The van der Waals surface area contributed by atoms with Crippen LogP contribution in [0.2, 0.25) is 0 Å². The number of nitrogens with one attached hydrogen (secondary N) is 1. The van der Waals surface area contributed by atoms with E-state index in [1.165, 1.54) is 11.8 Å². The van der Waals surface area contributed by atoms with Crippen molar-refractivity contribution in [2.75, 3.05) is 6.61 Å². The first-order chi connectivity index (χ1) is 12.5. The van der Waals surface area contributed by atoms with Gasteiger partial charge in [-0.2, -0.15) is 0 Å². The minimum Gasteiger partial charge on any atom is -0.466 e. The molecule has 7 nitrogen and oxygen atoms in total. The Hall–Kier alpha value is -2.61. The quantitative estimate of drug-likeness (QED) is 0.390. The zero-order valence-corrected chi connectivity index (χ0v) is 15.7. The molecule has 0 saturated carbocycles. The van der Waals surface area contributed by atoms with Crippen LogP contribution in [0, 0.1) is 0 Å². The summed E-state index contributed by atoms with van der Waals surface area (Å²) >= 11 is 1.32. The highest BCUT2D eigenvalue weighted by molar-refractivity contribution is 8.00. The third-order valence-electron chi connectivity index (χ3n) is 4.04. The lowest BCUT2D eigenvalue weighted by atomic mass is 10.1. The second-order valence-corrected chi connectivity index (χ2v) is 7.12. The molecule has 2 aromatic heterocycles. The van der Waals surface area contributed by atoms with Crippen molar-refractivity contribution in [3.8, 4) is 0 Å². The molecule has 136 valence electrons. The minimum absolute atomic E-state index is 0.0161. The van der Waals surface area contributed by atoms with Crippen LogP contribution in [-0.4, -0.2) is 43.4 Å². The number of esters is 1. The van der Waals surface area contributed by atoms with Crippen LogP contribution in [0.3, 0.4) is 0 Å². The largest absolute Gasteiger partial charge is 0.466 e. The van der Waals surface area contributed by atoms with Crippen LogP contribution >= 0.6 is 11.8 Å². The number of thioether (sulfide) groups is 1. The summed E-state index contributed by atoms with van der Waals surface area (Å²) in [6, 6.07) is 7.70. The van der Waals surface area contributed by atoms with Crippen molar-refractivity contribution in [1.82, 2.24) is 19.7 Å². The van der Waals surface area contributed by atoms with Gasteiger partial charge in [-0.05, 0) is 19.9 Å². The smallest absolute Gasteiger partial charge is 0.313 e. The number of ether oxygens (including phenoxy) is 1. The number of fused-ring (bicyclic) bond motifs is 1. The minimum atomic E-state index is -0.345. The van der Waals surface area contributed by atoms with Crippen molar-refractivity contribution in [2.24, 2.45) is 7.05 Å². The number of hydrogen-bond donors (Lipinski definition) is 1. The summed E-state index contributed by atoms with van der Waals surface area (Å²) < 4.78 is 6.66. The van der Waals surface area contributed by atoms with Gasteiger partial charge in [-0.25, -0.2) is 0 Å². The summed E-state index contributed by atoms with van der Waals surface area (Å²) in [5.74, 6) is 0.183. The van der Waals surface area contributed by atoms with E-state index in [9.17, 15) is 9.59 Å². The van der Waals surface area contributed by atoms with Gasteiger partial charge in [-0.3, -0.25) is 9.59 Å². The number of hydrogen-bond acceptors (Lipinski definition) is 6. The van der Waals surface area contributed by atoms with Gasteiger partial charge in [-0.1, -0.05) is 30.0 Å². The van der Waals surface area contributed by atoms with Crippen LogP contribution in [0.4, 0.5) is 0 Å². The highest BCUT2D eigenvalue weighted by atomic mass is 32.2. The number of Topliss-reactive ketones (excluding diaryl/α,β-unsaturated/α-hetero) is 1. The second-order valence-electron chi connectivity index (χ2n) is 5.81. The molecule has 0 aliphatic carbocycles. The standard InChI is InChI=1S/C18H20N4O3S/c1-4-25-16(23)9-15-20-21-18(22(15)3)26-11(2)17(24)13-10-19-14-8-6-5-7-12(13)14/h5-8,10-11,19H,4,9H2,1-3H3/t11-/m1/s1.